The number of ether oxygens (including phenoxy) is 1. The third kappa shape index (κ3) is 6.35. The van der Waals surface area contributed by atoms with Crippen LogP contribution >= 0.6 is 0 Å². The zero-order valence-electron chi connectivity index (χ0n) is 12.3. The molecule has 1 saturated heterocycles. The molecule has 11 heteroatoms. The summed E-state index contributed by atoms with van der Waals surface area (Å²) in [5, 5.41) is 58.1. The summed E-state index contributed by atoms with van der Waals surface area (Å²) >= 11 is 0. The fourth-order valence-electron chi connectivity index (χ4n) is 2.18. The quantitative estimate of drug-likeness (QED) is 0.203. The van der Waals surface area contributed by atoms with Crippen LogP contribution in [-0.2, 0) is 14.3 Å². The van der Waals surface area contributed by atoms with Gasteiger partial charge in [-0.3, -0.25) is 14.5 Å². The number of hydrogen-bond donors (Lipinski definition) is 7. The van der Waals surface area contributed by atoms with Gasteiger partial charge < -0.3 is 40.7 Å². The molecule has 1 unspecified atom stereocenters. The van der Waals surface area contributed by atoms with Gasteiger partial charge in [0, 0.05) is 19.6 Å². The number of aliphatic hydroxyl groups is 4. The number of nitrogens with one attached hydrogen (secondary N) is 1. The molecule has 1 aliphatic heterocycles. The molecule has 7 N–H and O–H groups in total. The Bertz CT molecular complexity index is 392. The first-order valence-electron chi connectivity index (χ1n) is 6.96. The minimum absolute atomic E-state index is 0.00991. The van der Waals surface area contributed by atoms with Gasteiger partial charge in [-0.25, -0.2) is 0 Å². The Labute approximate surface area is 131 Å². The van der Waals surface area contributed by atoms with Crippen molar-refractivity contribution in [3.63, 3.8) is 0 Å². The number of carbonyl (C=O) groups is 2. The van der Waals surface area contributed by atoms with Gasteiger partial charge in [0.05, 0.1) is 13.1 Å². The summed E-state index contributed by atoms with van der Waals surface area (Å²) in [7, 11) is 0. The van der Waals surface area contributed by atoms with E-state index < -0.39 is 55.7 Å². The summed E-state index contributed by atoms with van der Waals surface area (Å²) in [5.74, 6) is -2.31. The van der Waals surface area contributed by atoms with E-state index in [4.69, 9.17) is 14.9 Å². The Kier molecular flexibility index (Phi) is 7.78. The number of aliphatic hydroxyl groups excluding tert-OH is 4. The number of aliphatic carboxylic acids is 2. The van der Waals surface area contributed by atoms with Crippen LogP contribution in [0.5, 0.6) is 0 Å². The molecule has 5 atom stereocenters. The third-order valence-corrected chi connectivity index (χ3v) is 3.36. The molecule has 0 saturated carbocycles. The number of carboxylic acids is 2. The lowest BCUT2D eigenvalue weighted by molar-refractivity contribution is -0.280. The van der Waals surface area contributed by atoms with E-state index in [2.05, 4.69) is 5.32 Å². The maximum absolute atomic E-state index is 10.6. The molecule has 1 rings (SSSR count). The molecule has 0 spiro atoms. The molecule has 0 aromatic carbocycles. The van der Waals surface area contributed by atoms with Gasteiger partial charge in [-0.1, -0.05) is 0 Å². The molecule has 11 nitrogen and oxygen atoms in total. The van der Waals surface area contributed by atoms with Crippen LogP contribution in [0, 0.1) is 0 Å². The van der Waals surface area contributed by atoms with Gasteiger partial charge in [0.1, 0.15) is 24.4 Å². The predicted octanol–water partition coefficient (Wildman–Crippen LogP) is -4.15. The van der Waals surface area contributed by atoms with Crippen LogP contribution < -0.4 is 5.32 Å². The highest BCUT2D eigenvalue weighted by molar-refractivity contribution is 5.72. The molecular weight excluding hydrogens is 316 g/mol. The monoisotopic (exact) mass is 338 g/mol. The van der Waals surface area contributed by atoms with Crippen molar-refractivity contribution in [2.45, 2.75) is 30.7 Å². The van der Waals surface area contributed by atoms with Gasteiger partial charge in [0.15, 0.2) is 6.29 Å². The molecule has 1 aliphatic rings. The fourth-order valence-corrected chi connectivity index (χ4v) is 2.18. The summed E-state index contributed by atoms with van der Waals surface area (Å²) in [5.41, 5.74) is 0. The van der Waals surface area contributed by atoms with Crippen molar-refractivity contribution in [1.82, 2.24) is 10.2 Å². The Hall–Kier alpha value is -1.34. The standard InChI is InChI=1S/C12H22N2O9/c15-7(16)4-14(5-8(17)18)2-1-13-3-6-9(19)10(20)11(21)12(22)23-6/h6,9-13,19-22H,1-5H2,(H,15,16)(H,17,18)/t6-,9-,10+,11-,12?/m1/s1. The molecule has 0 aromatic rings. The lowest BCUT2D eigenvalue weighted by atomic mass is 9.99. The number of nitrogens with zero attached hydrogens (tertiary/aromatic N) is 1. The summed E-state index contributed by atoms with van der Waals surface area (Å²) in [6, 6.07) is 0. The summed E-state index contributed by atoms with van der Waals surface area (Å²) in [6.07, 6.45) is -7.18. The third-order valence-electron chi connectivity index (χ3n) is 3.36. The molecule has 23 heavy (non-hydrogen) atoms. The van der Waals surface area contributed by atoms with E-state index in [0.29, 0.717) is 0 Å². The van der Waals surface area contributed by atoms with Crippen molar-refractivity contribution in [2.24, 2.45) is 0 Å². The SMILES string of the molecule is O=C(O)CN(CCNC[C@H]1OC(O)[C@H](O)[C@@H](O)[C@@H]1O)CC(=O)O. The van der Waals surface area contributed by atoms with Gasteiger partial charge >= 0.3 is 11.9 Å². The fraction of sp³-hybridized carbons (Fsp3) is 0.833. The minimum atomic E-state index is -1.63. The first-order valence-corrected chi connectivity index (χ1v) is 6.96. The van der Waals surface area contributed by atoms with Crippen molar-refractivity contribution in [3.8, 4) is 0 Å². The second-order valence-corrected chi connectivity index (χ2v) is 5.24. The minimum Gasteiger partial charge on any atom is -0.480 e. The predicted molar refractivity (Wildman–Crippen MR) is 73.5 cm³/mol. The van der Waals surface area contributed by atoms with E-state index in [1.165, 1.54) is 4.90 Å². The molecule has 0 radical (unpaired) electrons. The zero-order chi connectivity index (χ0) is 17.6. The Morgan fingerprint density at radius 1 is 0.957 bits per heavy atom. The van der Waals surface area contributed by atoms with Crippen molar-refractivity contribution in [2.75, 3.05) is 32.7 Å². The van der Waals surface area contributed by atoms with E-state index in [1.807, 2.05) is 0 Å². The molecule has 1 fully saturated rings. The molecule has 0 bridgehead atoms. The van der Waals surface area contributed by atoms with Crippen LogP contribution in [0.1, 0.15) is 0 Å². The molecular formula is C12H22N2O9. The average Bonchev–Trinajstić information content (AvgIpc) is 2.45. The van der Waals surface area contributed by atoms with Gasteiger partial charge in [-0.2, -0.15) is 0 Å². The highest BCUT2D eigenvalue weighted by Crippen LogP contribution is 2.19. The van der Waals surface area contributed by atoms with Gasteiger partial charge in [-0.05, 0) is 0 Å². The topological polar surface area (TPSA) is 180 Å². The van der Waals surface area contributed by atoms with Crippen LogP contribution in [0.2, 0.25) is 0 Å². The Morgan fingerprint density at radius 3 is 2.04 bits per heavy atom. The second-order valence-electron chi connectivity index (χ2n) is 5.24. The first-order chi connectivity index (χ1) is 10.7. The van der Waals surface area contributed by atoms with Crippen LogP contribution in [0.15, 0.2) is 0 Å². The molecule has 134 valence electrons. The van der Waals surface area contributed by atoms with Crippen LogP contribution in [-0.4, -0.2) is 111 Å². The number of hydrogen-bond acceptors (Lipinski definition) is 9. The number of rotatable bonds is 9. The van der Waals surface area contributed by atoms with Gasteiger partial charge in [0.2, 0.25) is 0 Å². The maximum atomic E-state index is 10.6. The molecule has 0 aromatic heterocycles. The van der Waals surface area contributed by atoms with Crippen molar-refractivity contribution in [1.29, 1.82) is 0 Å². The van der Waals surface area contributed by atoms with E-state index in [9.17, 15) is 30.0 Å². The molecule has 0 aliphatic carbocycles. The molecule has 0 amide bonds. The van der Waals surface area contributed by atoms with Crippen LogP contribution in [0.3, 0.4) is 0 Å². The van der Waals surface area contributed by atoms with Gasteiger partial charge in [-0.15, -0.1) is 0 Å². The average molecular weight is 338 g/mol. The smallest absolute Gasteiger partial charge is 0.317 e. The highest BCUT2D eigenvalue weighted by Gasteiger charge is 2.42. The maximum Gasteiger partial charge on any atom is 0.317 e. The van der Waals surface area contributed by atoms with E-state index in [-0.39, 0.29) is 19.6 Å². The Balaban J connectivity index is 2.37. The summed E-state index contributed by atoms with van der Waals surface area (Å²) in [4.78, 5) is 22.5. The largest absolute Gasteiger partial charge is 0.480 e. The van der Waals surface area contributed by atoms with Gasteiger partial charge in [0.25, 0.3) is 0 Å². The van der Waals surface area contributed by atoms with E-state index in [0.717, 1.165) is 0 Å². The lowest BCUT2D eigenvalue weighted by Gasteiger charge is -2.38. The highest BCUT2D eigenvalue weighted by atomic mass is 16.6. The summed E-state index contributed by atoms with van der Waals surface area (Å²) < 4.78 is 4.95. The van der Waals surface area contributed by atoms with Crippen molar-refractivity contribution < 1.29 is 45.0 Å². The summed E-state index contributed by atoms with van der Waals surface area (Å²) in [6.45, 7) is -0.534. The van der Waals surface area contributed by atoms with E-state index >= 15 is 0 Å². The van der Waals surface area contributed by atoms with E-state index in [1.54, 1.807) is 0 Å². The van der Waals surface area contributed by atoms with Crippen molar-refractivity contribution >= 4 is 11.9 Å². The number of carboxylic acid groups (broad SMARTS) is 2. The van der Waals surface area contributed by atoms with Crippen LogP contribution in [0.4, 0.5) is 0 Å². The normalized spacial score (nSPS) is 31.3. The molecule has 1 heterocycles. The van der Waals surface area contributed by atoms with Crippen molar-refractivity contribution in [3.05, 3.63) is 0 Å². The Morgan fingerprint density at radius 2 is 1.52 bits per heavy atom. The zero-order valence-corrected chi connectivity index (χ0v) is 12.3. The second kappa shape index (κ2) is 9.08. The van der Waals surface area contributed by atoms with Crippen LogP contribution in [0.25, 0.3) is 0 Å². The first kappa shape index (κ1) is 19.7. The lowest BCUT2D eigenvalue weighted by Crippen LogP contribution is -2.59.